The van der Waals surface area contributed by atoms with E-state index in [0.29, 0.717) is 13.0 Å². The molecule has 1 aliphatic carbocycles. The molecule has 0 unspecified atom stereocenters. The van der Waals surface area contributed by atoms with Gasteiger partial charge in [0.25, 0.3) is 0 Å². The number of carbonyl (C=O) groups excluding carboxylic acids is 1. The molecule has 2 N–H and O–H groups in total. The Hall–Kier alpha value is -0.610. The van der Waals surface area contributed by atoms with Gasteiger partial charge in [-0.2, -0.15) is 0 Å². The molecule has 1 heterocycles. The maximum absolute atomic E-state index is 11.9. The molecule has 86 valence electrons. The average molecular weight is 211 g/mol. The highest BCUT2D eigenvalue weighted by molar-refractivity contribution is 5.79. The minimum absolute atomic E-state index is 0.158. The van der Waals surface area contributed by atoms with Gasteiger partial charge in [0.2, 0.25) is 5.91 Å². The topological polar surface area (TPSA) is 49.6 Å². The van der Waals surface area contributed by atoms with E-state index >= 15 is 0 Å². The molecule has 0 bridgehead atoms. The number of hydrazine groups is 1. The molecule has 1 amide bonds. The van der Waals surface area contributed by atoms with Crippen LogP contribution in [0.1, 0.15) is 38.5 Å². The van der Waals surface area contributed by atoms with Crippen LogP contribution in [0.2, 0.25) is 0 Å². The van der Waals surface area contributed by atoms with Crippen molar-refractivity contribution in [3.63, 3.8) is 0 Å². The SMILES string of the molecule is CN1N(CCCN)C(=O)CC12CCCC2. The fourth-order valence-electron chi connectivity index (χ4n) is 2.96. The van der Waals surface area contributed by atoms with Crippen LogP contribution in [0.5, 0.6) is 0 Å². The van der Waals surface area contributed by atoms with Crippen LogP contribution in [0, 0.1) is 0 Å². The lowest BCUT2D eigenvalue weighted by atomic mass is 9.94. The van der Waals surface area contributed by atoms with Crippen molar-refractivity contribution >= 4 is 5.91 Å². The third kappa shape index (κ3) is 1.76. The molecule has 2 rings (SSSR count). The van der Waals surface area contributed by atoms with Crippen molar-refractivity contribution in [2.75, 3.05) is 20.1 Å². The standard InChI is InChI=1S/C11H21N3O/c1-13-11(5-2-3-6-11)9-10(15)14(13)8-4-7-12/h2-9,12H2,1H3. The van der Waals surface area contributed by atoms with Gasteiger partial charge in [-0.15, -0.1) is 0 Å². The van der Waals surface area contributed by atoms with Crippen LogP contribution in [0.4, 0.5) is 0 Å². The molecule has 0 aromatic carbocycles. The van der Waals surface area contributed by atoms with E-state index in [1.54, 1.807) is 0 Å². The van der Waals surface area contributed by atoms with Gasteiger partial charge in [-0.1, -0.05) is 12.8 Å². The number of hydrogen-bond donors (Lipinski definition) is 1. The molecule has 1 saturated heterocycles. The Labute approximate surface area is 91.4 Å². The summed E-state index contributed by atoms with van der Waals surface area (Å²) in [5.74, 6) is 0.285. The summed E-state index contributed by atoms with van der Waals surface area (Å²) in [6.07, 6.45) is 6.49. The molecule has 0 aromatic heterocycles. The highest BCUT2D eigenvalue weighted by Gasteiger charge is 2.48. The molecule has 4 nitrogen and oxygen atoms in total. The normalized spacial score (nSPS) is 25.7. The number of rotatable bonds is 3. The monoisotopic (exact) mass is 211 g/mol. The number of nitrogens with two attached hydrogens (primary N) is 1. The first kappa shape index (κ1) is 10.9. The molecule has 1 spiro atoms. The Morgan fingerprint density at radius 1 is 1.40 bits per heavy atom. The minimum atomic E-state index is 0.158. The van der Waals surface area contributed by atoms with Crippen LogP contribution in [0.15, 0.2) is 0 Å². The van der Waals surface area contributed by atoms with E-state index in [4.69, 9.17) is 5.73 Å². The van der Waals surface area contributed by atoms with Crippen molar-refractivity contribution in [3.8, 4) is 0 Å². The Morgan fingerprint density at radius 3 is 2.67 bits per heavy atom. The van der Waals surface area contributed by atoms with E-state index < -0.39 is 0 Å². The number of hydrogen-bond acceptors (Lipinski definition) is 3. The second kappa shape index (κ2) is 4.10. The second-order valence-corrected chi connectivity index (χ2v) is 4.79. The van der Waals surface area contributed by atoms with Gasteiger partial charge in [-0.3, -0.25) is 9.80 Å². The third-order valence-corrected chi connectivity index (χ3v) is 3.93. The number of amides is 1. The predicted octanol–water partition coefficient (Wildman–Crippen LogP) is 0.727. The molecule has 0 atom stereocenters. The van der Waals surface area contributed by atoms with Gasteiger partial charge in [0, 0.05) is 25.6 Å². The second-order valence-electron chi connectivity index (χ2n) is 4.79. The van der Waals surface area contributed by atoms with E-state index in [1.807, 2.05) is 5.01 Å². The quantitative estimate of drug-likeness (QED) is 0.748. The van der Waals surface area contributed by atoms with Crippen molar-refractivity contribution in [1.29, 1.82) is 0 Å². The molecule has 0 radical (unpaired) electrons. The Balaban J connectivity index is 2.05. The number of nitrogens with zero attached hydrogens (tertiary/aromatic N) is 2. The zero-order valence-electron chi connectivity index (χ0n) is 9.54. The van der Waals surface area contributed by atoms with Crippen LogP contribution < -0.4 is 5.73 Å². The minimum Gasteiger partial charge on any atom is -0.330 e. The summed E-state index contributed by atoms with van der Waals surface area (Å²) < 4.78 is 0. The third-order valence-electron chi connectivity index (χ3n) is 3.93. The zero-order chi connectivity index (χ0) is 10.9. The van der Waals surface area contributed by atoms with Gasteiger partial charge in [0.1, 0.15) is 0 Å². The molecular formula is C11H21N3O. The Bertz CT molecular complexity index is 248. The van der Waals surface area contributed by atoms with E-state index in [0.717, 1.165) is 13.0 Å². The van der Waals surface area contributed by atoms with E-state index in [9.17, 15) is 4.79 Å². The summed E-state index contributed by atoms with van der Waals surface area (Å²) in [7, 11) is 2.06. The molecule has 4 heteroatoms. The summed E-state index contributed by atoms with van der Waals surface area (Å²) in [6.45, 7) is 1.44. The van der Waals surface area contributed by atoms with Gasteiger partial charge in [-0.25, -0.2) is 5.01 Å². The van der Waals surface area contributed by atoms with Gasteiger partial charge in [0.05, 0.1) is 0 Å². The fraction of sp³-hybridized carbons (Fsp3) is 0.909. The summed E-state index contributed by atoms with van der Waals surface area (Å²) >= 11 is 0. The van der Waals surface area contributed by atoms with Crippen LogP contribution in [0.3, 0.4) is 0 Å². The lowest BCUT2D eigenvalue weighted by Gasteiger charge is -2.35. The van der Waals surface area contributed by atoms with E-state index in [2.05, 4.69) is 12.1 Å². The van der Waals surface area contributed by atoms with Crippen LogP contribution in [0.25, 0.3) is 0 Å². The Morgan fingerprint density at radius 2 is 2.07 bits per heavy atom. The molecule has 2 fully saturated rings. The van der Waals surface area contributed by atoms with Gasteiger partial charge in [0.15, 0.2) is 0 Å². The molecule has 0 aromatic rings. The zero-order valence-corrected chi connectivity index (χ0v) is 9.54. The molecule has 15 heavy (non-hydrogen) atoms. The predicted molar refractivity (Wildman–Crippen MR) is 59.0 cm³/mol. The summed E-state index contributed by atoms with van der Waals surface area (Å²) in [5, 5.41) is 4.09. The first-order chi connectivity index (χ1) is 7.19. The average Bonchev–Trinajstić information content (AvgIpc) is 2.75. The van der Waals surface area contributed by atoms with E-state index in [1.165, 1.54) is 25.7 Å². The molecule has 2 aliphatic rings. The van der Waals surface area contributed by atoms with Crippen molar-refractivity contribution < 1.29 is 4.79 Å². The lowest BCUT2D eigenvalue weighted by molar-refractivity contribution is -0.138. The molecule has 1 saturated carbocycles. The van der Waals surface area contributed by atoms with Crippen LogP contribution in [-0.4, -0.2) is 41.6 Å². The largest absolute Gasteiger partial charge is 0.330 e. The maximum Gasteiger partial charge on any atom is 0.238 e. The van der Waals surface area contributed by atoms with Crippen molar-refractivity contribution in [2.24, 2.45) is 5.73 Å². The Kier molecular flexibility index (Phi) is 2.98. The van der Waals surface area contributed by atoms with Gasteiger partial charge < -0.3 is 5.73 Å². The highest BCUT2D eigenvalue weighted by atomic mass is 16.2. The van der Waals surface area contributed by atoms with Crippen LogP contribution in [-0.2, 0) is 4.79 Å². The first-order valence-electron chi connectivity index (χ1n) is 5.94. The van der Waals surface area contributed by atoms with E-state index in [-0.39, 0.29) is 11.4 Å². The lowest BCUT2D eigenvalue weighted by Crippen LogP contribution is -2.46. The maximum atomic E-state index is 11.9. The van der Waals surface area contributed by atoms with Gasteiger partial charge >= 0.3 is 0 Å². The summed E-state index contributed by atoms with van der Waals surface area (Å²) in [5.41, 5.74) is 5.64. The smallest absolute Gasteiger partial charge is 0.238 e. The summed E-state index contributed by atoms with van der Waals surface area (Å²) in [6, 6.07) is 0. The van der Waals surface area contributed by atoms with Crippen LogP contribution >= 0.6 is 0 Å². The van der Waals surface area contributed by atoms with Crippen molar-refractivity contribution in [2.45, 2.75) is 44.1 Å². The number of carbonyl (C=O) groups is 1. The molecule has 1 aliphatic heterocycles. The highest BCUT2D eigenvalue weighted by Crippen LogP contribution is 2.42. The van der Waals surface area contributed by atoms with Crippen molar-refractivity contribution in [1.82, 2.24) is 10.0 Å². The van der Waals surface area contributed by atoms with Crippen molar-refractivity contribution in [3.05, 3.63) is 0 Å². The van der Waals surface area contributed by atoms with Gasteiger partial charge in [-0.05, 0) is 25.8 Å². The first-order valence-corrected chi connectivity index (χ1v) is 5.94. The summed E-state index contributed by atoms with van der Waals surface area (Å²) in [4.78, 5) is 11.9. The fourth-order valence-corrected chi connectivity index (χ4v) is 2.96. The molecular weight excluding hydrogens is 190 g/mol.